The van der Waals surface area contributed by atoms with E-state index in [4.69, 9.17) is 9.84 Å². The number of hydrogen-bond acceptors (Lipinski definition) is 4. The molecular weight excluding hydrogens is 264 g/mol. The number of likely N-dealkylation sites (tertiary alicyclic amines) is 1. The van der Waals surface area contributed by atoms with E-state index in [1.165, 1.54) is 11.8 Å². The van der Waals surface area contributed by atoms with Gasteiger partial charge in [-0.1, -0.05) is 0 Å². The summed E-state index contributed by atoms with van der Waals surface area (Å²) in [5, 5.41) is 11.4. The summed E-state index contributed by atoms with van der Waals surface area (Å²) in [7, 11) is 0. The molecule has 0 aromatic heterocycles. The Kier molecular flexibility index (Phi) is 4.97. The lowest BCUT2D eigenvalue weighted by atomic mass is 9.92. The van der Waals surface area contributed by atoms with Gasteiger partial charge in [0.05, 0.1) is 0 Å². The molecule has 1 saturated heterocycles. The van der Waals surface area contributed by atoms with Crippen LogP contribution < -0.4 is 5.32 Å². The summed E-state index contributed by atoms with van der Waals surface area (Å²) in [6, 6.07) is -0.904. The van der Waals surface area contributed by atoms with E-state index in [-0.39, 0.29) is 17.9 Å². The fraction of sp³-hybridized carbons (Fsp3) is 0.769. The van der Waals surface area contributed by atoms with Crippen LogP contribution >= 0.6 is 0 Å². The zero-order valence-corrected chi connectivity index (χ0v) is 12.3. The molecule has 1 aliphatic rings. The van der Waals surface area contributed by atoms with Gasteiger partial charge in [0.25, 0.3) is 0 Å². The van der Waals surface area contributed by atoms with Crippen molar-refractivity contribution in [2.24, 2.45) is 5.92 Å². The number of aliphatic carboxylic acids is 1. The average molecular weight is 286 g/mol. The second-order valence-corrected chi connectivity index (χ2v) is 6.08. The quantitative estimate of drug-likeness (QED) is 0.798. The maximum absolute atomic E-state index is 11.7. The van der Waals surface area contributed by atoms with Crippen LogP contribution in [0.2, 0.25) is 0 Å². The van der Waals surface area contributed by atoms with Gasteiger partial charge in [-0.15, -0.1) is 0 Å². The van der Waals surface area contributed by atoms with E-state index in [0.29, 0.717) is 19.5 Å². The minimum absolute atomic E-state index is 0.0652. The van der Waals surface area contributed by atoms with Crippen molar-refractivity contribution in [2.75, 3.05) is 13.1 Å². The molecular formula is C13H22N2O5. The normalized spacial score (nSPS) is 17.1. The van der Waals surface area contributed by atoms with Gasteiger partial charge < -0.3 is 20.1 Å². The first-order chi connectivity index (χ1) is 9.08. The van der Waals surface area contributed by atoms with Crippen LogP contribution in [0.3, 0.4) is 0 Å². The van der Waals surface area contributed by atoms with Crippen LogP contribution in [0.15, 0.2) is 0 Å². The highest BCUT2D eigenvalue weighted by Gasteiger charge is 2.36. The number of carboxylic acid groups (broad SMARTS) is 1. The Morgan fingerprint density at radius 1 is 1.35 bits per heavy atom. The third kappa shape index (κ3) is 5.07. The van der Waals surface area contributed by atoms with Gasteiger partial charge in [0.15, 0.2) is 0 Å². The number of nitrogens with one attached hydrogen (secondary N) is 1. The summed E-state index contributed by atoms with van der Waals surface area (Å²) in [6.45, 7) is 7.57. The Labute approximate surface area is 118 Å². The fourth-order valence-corrected chi connectivity index (χ4v) is 1.99. The molecule has 0 aromatic carbocycles. The summed E-state index contributed by atoms with van der Waals surface area (Å²) in [4.78, 5) is 35.1. The minimum Gasteiger partial charge on any atom is -0.480 e. The molecule has 0 bridgehead atoms. The van der Waals surface area contributed by atoms with Crippen molar-refractivity contribution in [1.29, 1.82) is 0 Å². The lowest BCUT2D eigenvalue weighted by Gasteiger charge is -2.40. The van der Waals surface area contributed by atoms with E-state index in [1.807, 2.05) is 0 Å². The Bertz CT molecular complexity index is 396. The topological polar surface area (TPSA) is 95.9 Å². The average Bonchev–Trinajstić information content (AvgIpc) is 2.16. The number of carboxylic acids is 1. The van der Waals surface area contributed by atoms with Crippen LogP contribution in [0.4, 0.5) is 4.79 Å². The maximum atomic E-state index is 11.7. The second-order valence-electron chi connectivity index (χ2n) is 6.08. The number of carbonyl (C=O) groups is 3. The van der Waals surface area contributed by atoms with Gasteiger partial charge in [-0.3, -0.25) is 4.79 Å². The third-order valence-electron chi connectivity index (χ3n) is 2.85. The summed E-state index contributed by atoms with van der Waals surface area (Å²) < 4.78 is 5.21. The van der Waals surface area contributed by atoms with Crippen molar-refractivity contribution in [3.63, 3.8) is 0 Å². The van der Waals surface area contributed by atoms with E-state index in [1.54, 1.807) is 20.8 Å². The van der Waals surface area contributed by atoms with Crippen LogP contribution in [0.25, 0.3) is 0 Å². The van der Waals surface area contributed by atoms with Crippen LogP contribution in [0.5, 0.6) is 0 Å². The largest absolute Gasteiger partial charge is 0.480 e. The van der Waals surface area contributed by atoms with Crippen LogP contribution in [-0.4, -0.2) is 52.7 Å². The van der Waals surface area contributed by atoms with Crippen LogP contribution in [0, 0.1) is 5.92 Å². The van der Waals surface area contributed by atoms with Gasteiger partial charge in [0, 0.05) is 20.0 Å². The molecule has 1 atom stereocenters. The van der Waals surface area contributed by atoms with E-state index >= 15 is 0 Å². The zero-order chi connectivity index (χ0) is 15.5. The first kappa shape index (κ1) is 16.3. The van der Waals surface area contributed by atoms with Gasteiger partial charge in [-0.2, -0.15) is 0 Å². The molecule has 0 saturated carbocycles. The Morgan fingerprint density at radius 2 is 1.90 bits per heavy atom. The van der Waals surface area contributed by atoms with Gasteiger partial charge in [0.2, 0.25) is 5.91 Å². The fourth-order valence-electron chi connectivity index (χ4n) is 1.99. The summed E-state index contributed by atoms with van der Waals surface area (Å²) >= 11 is 0. The van der Waals surface area contributed by atoms with Gasteiger partial charge >= 0.3 is 12.1 Å². The first-order valence-corrected chi connectivity index (χ1v) is 6.56. The highest BCUT2D eigenvalue weighted by molar-refractivity contribution is 5.82. The molecule has 1 heterocycles. The molecule has 2 N–H and O–H groups in total. The predicted octanol–water partition coefficient (Wildman–Crippen LogP) is 0.833. The summed E-state index contributed by atoms with van der Waals surface area (Å²) in [6.07, 6.45) is -0.0750. The number of nitrogens with zero attached hydrogens (tertiary/aromatic N) is 1. The second kappa shape index (κ2) is 6.11. The van der Waals surface area contributed by atoms with Crippen molar-refractivity contribution >= 4 is 18.0 Å². The standard InChI is InChI=1S/C13H22N2O5/c1-8(16)14-10(11(17)18)5-9-6-15(7-9)12(19)20-13(2,3)4/h9-10H,5-7H2,1-4H3,(H,14,16)(H,17,18)/t10-/m1/s1. The molecule has 1 fully saturated rings. The molecule has 2 amide bonds. The van der Waals surface area contributed by atoms with E-state index in [9.17, 15) is 14.4 Å². The van der Waals surface area contributed by atoms with E-state index < -0.39 is 17.6 Å². The molecule has 0 unspecified atom stereocenters. The molecule has 1 rings (SSSR count). The SMILES string of the molecule is CC(=O)N[C@H](CC1CN(C(=O)OC(C)(C)C)C1)C(=O)O. The monoisotopic (exact) mass is 286 g/mol. The number of rotatable bonds is 4. The molecule has 0 radical (unpaired) electrons. The molecule has 1 aliphatic heterocycles. The van der Waals surface area contributed by atoms with Crippen LogP contribution in [0.1, 0.15) is 34.1 Å². The minimum atomic E-state index is -1.06. The Hall–Kier alpha value is -1.79. The highest BCUT2D eigenvalue weighted by Crippen LogP contribution is 2.23. The third-order valence-corrected chi connectivity index (χ3v) is 2.85. The maximum Gasteiger partial charge on any atom is 0.410 e. The molecule has 0 aliphatic carbocycles. The van der Waals surface area contributed by atoms with Crippen molar-refractivity contribution in [3.8, 4) is 0 Å². The van der Waals surface area contributed by atoms with Crippen molar-refractivity contribution in [2.45, 2.75) is 45.8 Å². The molecule has 0 aromatic rings. The molecule has 7 nitrogen and oxygen atoms in total. The molecule has 7 heteroatoms. The van der Waals surface area contributed by atoms with Crippen LogP contribution in [-0.2, 0) is 14.3 Å². The van der Waals surface area contributed by atoms with Crippen molar-refractivity contribution < 1.29 is 24.2 Å². The molecule has 20 heavy (non-hydrogen) atoms. The van der Waals surface area contributed by atoms with Gasteiger partial charge in [0.1, 0.15) is 11.6 Å². The Morgan fingerprint density at radius 3 is 2.30 bits per heavy atom. The predicted molar refractivity (Wildman–Crippen MR) is 71.2 cm³/mol. The highest BCUT2D eigenvalue weighted by atomic mass is 16.6. The Balaban J connectivity index is 2.39. The first-order valence-electron chi connectivity index (χ1n) is 6.56. The zero-order valence-electron chi connectivity index (χ0n) is 12.3. The van der Waals surface area contributed by atoms with Crippen molar-refractivity contribution in [3.05, 3.63) is 0 Å². The lowest BCUT2D eigenvalue weighted by Crippen LogP contribution is -2.54. The lowest BCUT2D eigenvalue weighted by molar-refractivity contribution is -0.142. The molecule has 0 spiro atoms. The number of amides is 2. The number of ether oxygens (including phenoxy) is 1. The summed E-state index contributed by atoms with van der Waals surface area (Å²) in [5.41, 5.74) is -0.540. The number of hydrogen-bond donors (Lipinski definition) is 2. The smallest absolute Gasteiger partial charge is 0.410 e. The van der Waals surface area contributed by atoms with Crippen molar-refractivity contribution in [1.82, 2.24) is 10.2 Å². The van der Waals surface area contributed by atoms with Gasteiger partial charge in [-0.25, -0.2) is 9.59 Å². The van der Waals surface area contributed by atoms with E-state index in [0.717, 1.165) is 0 Å². The number of carbonyl (C=O) groups excluding carboxylic acids is 2. The van der Waals surface area contributed by atoms with Gasteiger partial charge in [-0.05, 0) is 33.1 Å². The van der Waals surface area contributed by atoms with E-state index in [2.05, 4.69) is 5.32 Å². The molecule has 114 valence electrons. The summed E-state index contributed by atoms with van der Waals surface area (Å²) in [5.74, 6) is -1.37.